The van der Waals surface area contributed by atoms with Gasteiger partial charge >= 0.3 is 6.09 Å². The molecule has 2 fully saturated rings. The molecule has 3 aromatic rings. The molecule has 2 aliphatic rings. The number of hydrogen-bond donors (Lipinski definition) is 1. The lowest BCUT2D eigenvalue weighted by Gasteiger charge is -2.45. The first-order valence-electron chi connectivity index (χ1n) is 12.9. The smallest absolute Gasteiger partial charge is 0.407 e. The maximum absolute atomic E-state index is 12.0. The van der Waals surface area contributed by atoms with Crippen LogP contribution in [-0.4, -0.2) is 68.3 Å². The van der Waals surface area contributed by atoms with Crippen molar-refractivity contribution >= 4 is 11.6 Å². The second kappa shape index (κ2) is 9.71. The van der Waals surface area contributed by atoms with Gasteiger partial charge in [0, 0.05) is 48.2 Å². The normalized spacial score (nSPS) is 20.9. The van der Waals surface area contributed by atoms with Crippen molar-refractivity contribution in [2.24, 2.45) is 0 Å². The first-order valence-corrected chi connectivity index (χ1v) is 12.9. The van der Waals surface area contributed by atoms with E-state index in [-0.39, 0.29) is 12.1 Å². The molecule has 0 bridgehead atoms. The van der Waals surface area contributed by atoms with E-state index in [2.05, 4.69) is 33.0 Å². The molecule has 196 valence electrons. The molecule has 37 heavy (non-hydrogen) atoms. The fourth-order valence-corrected chi connectivity index (χ4v) is 5.52. The molecule has 5 rings (SSSR count). The van der Waals surface area contributed by atoms with Crippen LogP contribution in [-0.2, 0) is 4.74 Å². The number of carbonyl (C=O) groups excluding carboxylic acids is 1. The number of hydrogen-bond acceptors (Lipinski definition) is 7. The fraction of sp³-hybridized carbons (Fsp3) is 0.556. The van der Waals surface area contributed by atoms with E-state index in [0.717, 1.165) is 55.6 Å². The third-order valence-corrected chi connectivity index (χ3v) is 7.47. The zero-order valence-corrected chi connectivity index (χ0v) is 22.2. The second-order valence-electron chi connectivity index (χ2n) is 11.1. The maximum Gasteiger partial charge on any atom is 0.407 e. The molecule has 1 saturated heterocycles. The minimum Gasteiger partial charge on any atom is -0.494 e. The van der Waals surface area contributed by atoms with Gasteiger partial charge in [-0.25, -0.2) is 9.31 Å². The highest BCUT2D eigenvalue weighted by molar-refractivity contribution is 5.76. The monoisotopic (exact) mass is 505 g/mol. The Morgan fingerprint density at radius 2 is 1.89 bits per heavy atom. The van der Waals surface area contributed by atoms with Crippen molar-refractivity contribution in [1.82, 2.24) is 29.6 Å². The number of amides is 1. The predicted molar refractivity (Wildman–Crippen MR) is 138 cm³/mol. The van der Waals surface area contributed by atoms with E-state index in [1.54, 1.807) is 17.8 Å². The molecule has 0 unspecified atom stereocenters. The van der Waals surface area contributed by atoms with E-state index >= 15 is 0 Å². The van der Waals surface area contributed by atoms with Crippen LogP contribution in [0, 0.1) is 18.3 Å². The van der Waals surface area contributed by atoms with Crippen LogP contribution in [0.3, 0.4) is 0 Å². The van der Waals surface area contributed by atoms with Gasteiger partial charge in [0.1, 0.15) is 28.5 Å². The Morgan fingerprint density at radius 1 is 1.16 bits per heavy atom. The number of likely N-dealkylation sites (tertiary alicyclic amines) is 1. The zero-order chi connectivity index (χ0) is 26.3. The number of ether oxygens (including phenoxy) is 2. The summed E-state index contributed by atoms with van der Waals surface area (Å²) in [5.41, 5.74) is 3.78. The van der Waals surface area contributed by atoms with Crippen LogP contribution in [0.2, 0.25) is 0 Å². The number of fused-ring (bicyclic) bond motifs is 1. The summed E-state index contributed by atoms with van der Waals surface area (Å²) in [6.07, 6.45) is 9.09. The van der Waals surface area contributed by atoms with Crippen LogP contribution in [0.4, 0.5) is 4.79 Å². The molecule has 1 aliphatic heterocycles. The third-order valence-electron chi connectivity index (χ3n) is 7.47. The van der Waals surface area contributed by atoms with Crippen LogP contribution in [0.25, 0.3) is 16.6 Å². The molecule has 1 amide bonds. The first-order chi connectivity index (χ1) is 17.7. The van der Waals surface area contributed by atoms with Crippen LogP contribution in [0.15, 0.2) is 24.7 Å². The lowest BCUT2D eigenvalue weighted by molar-refractivity contribution is 0.0332. The molecule has 1 saturated carbocycles. The highest BCUT2D eigenvalue weighted by Crippen LogP contribution is 2.35. The van der Waals surface area contributed by atoms with Gasteiger partial charge in [-0.15, -0.1) is 0 Å². The molecule has 0 atom stereocenters. The Hall–Kier alpha value is -3.58. The van der Waals surface area contributed by atoms with Crippen molar-refractivity contribution in [2.45, 2.75) is 77.1 Å². The van der Waals surface area contributed by atoms with Crippen molar-refractivity contribution in [1.29, 1.82) is 5.26 Å². The van der Waals surface area contributed by atoms with Gasteiger partial charge < -0.3 is 19.7 Å². The summed E-state index contributed by atoms with van der Waals surface area (Å²) in [5, 5.41) is 21.5. The number of carbonyl (C=O) groups is 1. The minimum absolute atomic E-state index is 0.196. The van der Waals surface area contributed by atoms with Crippen LogP contribution in [0.1, 0.15) is 63.8 Å². The van der Waals surface area contributed by atoms with E-state index in [1.807, 2.05) is 39.2 Å². The number of nitriles is 1. The molecule has 0 radical (unpaired) electrons. The number of piperidine rings is 1. The van der Waals surface area contributed by atoms with Crippen LogP contribution in [0.5, 0.6) is 5.75 Å². The Morgan fingerprint density at radius 3 is 2.54 bits per heavy atom. The molecule has 10 nitrogen and oxygen atoms in total. The topological polar surface area (TPSA) is 110 Å². The standard InChI is InChI=1S/C27H35N7O3/c1-17-23(18-10-24(36-5)25-19(13-28)14-29-33(25)16-18)15-30-34(17)21-6-8-32(9-7-21)22-11-20(12-22)31-26(35)37-27(2,3)4/h10,14-16,20-22H,6-9,11-12H2,1-5H3,(H,31,35)/t20-,22-. The lowest BCUT2D eigenvalue weighted by atomic mass is 9.84. The van der Waals surface area contributed by atoms with Gasteiger partial charge in [-0.05, 0) is 59.4 Å². The van der Waals surface area contributed by atoms with Gasteiger partial charge in [-0.1, -0.05) is 0 Å². The second-order valence-corrected chi connectivity index (χ2v) is 11.1. The van der Waals surface area contributed by atoms with E-state index < -0.39 is 5.60 Å². The summed E-state index contributed by atoms with van der Waals surface area (Å²) in [5.74, 6) is 0.618. The average molecular weight is 506 g/mol. The molecule has 10 heteroatoms. The summed E-state index contributed by atoms with van der Waals surface area (Å²) in [6.45, 7) is 9.79. The molecule has 1 aliphatic carbocycles. The molecular weight excluding hydrogens is 470 g/mol. The van der Waals surface area contributed by atoms with Gasteiger partial charge in [0.2, 0.25) is 0 Å². The number of nitrogens with zero attached hydrogens (tertiary/aromatic N) is 6. The fourth-order valence-electron chi connectivity index (χ4n) is 5.52. The molecule has 4 heterocycles. The minimum atomic E-state index is -0.474. The highest BCUT2D eigenvalue weighted by Gasteiger charge is 2.37. The van der Waals surface area contributed by atoms with Crippen molar-refractivity contribution < 1.29 is 14.3 Å². The summed E-state index contributed by atoms with van der Waals surface area (Å²) in [6, 6.07) is 5.18. The van der Waals surface area contributed by atoms with E-state index in [1.165, 1.54) is 0 Å². The molecule has 3 aromatic heterocycles. The number of aromatic nitrogens is 4. The van der Waals surface area contributed by atoms with Crippen molar-refractivity contribution in [3.8, 4) is 22.9 Å². The van der Waals surface area contributed by atoms with Crippen molar-refractivity contribution in [2.75, 3.05) is 20.2 Å². The molecular formula is C27H35N7O3. The Labute approximate surface area is 217 Å². The van der Waals surface area contributed by atoms with Crippen molar-refractivity contribution in [3.05, 3.63) is 35.9 Å². The molecule has 0 aromatic carbocycles. The van der Waals surface area contributed by atoms with Crippen LogP contribution >= 0.6 is 0 Å². The summed E-state index contributed by atoms with van der Waals surface area (Å²) in [4.78, 5) is 14.6. The largest absolute Gasteiger partial charge is 0.494 e. The van der Waals surface area contributed by atoms with E-state index in [0.29, 0.717) is 28.9 Å². The number of rotatable bonds is 5. The lowest BCUT2D eigenvalue weighted by Crippen LogP contribution is -2.56. The number of methoxy groups -OCH3 is 1. The number of pyridine rings is 1. The number of nitrogens with one attached hydrogen (secondary N) is 1. The predicted octanol–water partition coefficient (Wildman–Crippen LogP) is 4.08. The average Bonchev–Trinajstić information content (AvgIpc) is 3.42. The summed E-state index contributed by atoms with van der Waals surface area (Å²) in [7, 11) is 1.61. The maximum atomic E-state index is 12.0. The molecule has 1 N–H and O–H groups in total. The van der Waals surface area contributed by atoms with Gasteiger partial charge in [0.25, 0.3) is 0 Å². The van der Waals surface area contributed by atoms with Gasteiger partial charge in [-0.2, -0.15) is 15.5 Å². The molecule has 0 spiro atoms. The Bertz CT molecular complexity index is 1330. The van der Waals surface area contributed by atoms with Crippen LogP contribution < -0.4 is 10.1 Å². The summed E-state index contributed by atoms with van der Waals surface area (Å²) >= 11 is 0. The van der Waals surface area contributed by atoms with Gasteiger partial charge in [0.05, 0.1) is 25.5 Å². The highest BCUT2D eigenvalue weighted by atomic mass is 16.6. The van der Waals surface area contributed by atoms with Gasteiger partial charge in [-0.3, -0.25) is 4.68 Å². The quantitative estimate of drug-likeness (QED) is 0.556. The number of alkyl carbamates (subject to hydrolysis) is 1. The van der Waals surface area contributed by atoms with Gasteiger partial charge in [0.15, 0.2) is 0 Å². The summed E-state index contributed by atoms with van der Waals surface area (Å²) < 4.78 is 14.8. The van der Waals surface area contributed by atoms with E-state index in [4.69, 9.17) is 14.6 Å². The van der Waals surface area contributed by atoms with Crippen molar-refractivity contribution in [3.63, 3.8) is 0 Å². The zero-order valence-electron chi connectivity index (χ0n) is 22.2. The Kier molecular flexibility index (Phi) is 6.58. The Balaban J connectivity index is 1.20. The van der Waals surface area contributed by atoms with E-state index in [9.17, 15) is 10.1 Å². The SMILES string of the molecule is COc1cc(-c2cnn(C3CCN([C@H]4C[C@H](NC(=O)OC(C)(C)C)C4)CC3)c2C)cn2ncc(C#N)c12. The first kappa shape index (κ1) is 25.1. The third kappa shape index (κ3) is 5.01.